The van der Waals surface area contributed by atoms with Gasteiger partial charge in [-0.15, -0.1) is 0 Å². The van der Waals surface area contributed by atoms with Crippen LogP contribution in [0.15, 0.2) is 79.4 Å². The number of nitrogens with zero attached hydrogens (tertiary/aromatic N) is 6. The zero-order valence-corrected chi connectivity index (χ0v) is 20.9. The number of benzene rings is 1. The summed E-state index contributed by atoms with van der Waals surface area (Å²) in [5.74, 6) is 1.49. The number of anilines is 3. The van der Waals surface area contributed by atoms with E-state index in [2.05, 4.69) is 64.4 Å². The number of aromatic nitrogens is 6. The van der Waals surface area contributed by atoms with Crippen LogP contribution in [0.4, 0.5) is 17.2 Å². The smallest absolute Gasteiger partial charge is 0.178 e. The van der Waals surface area contributed by atoms with E-state index >= 15 is 0 Å². The van der Waals surface area contributed by atoms with Crippen LogP contribution in [0.3, 0.4) is 0 Å². The van der Waals surface area contributed by atoms with Crippen LogP contribution in [0, 0.1) is 6.92 Å². The Morgan fingerprint density at radius 2 is 1.73 bits per heavy atom. The molecule has 6 aromatic rings. The number of pyridine rings is 4. The fourth-order valence-electron chi connectivity index (χ4n) is 4.39. The molecule has 0 atom stereocenters. The lowest BCUT2D eigenvalue weighted by Crippen LogP contribution is -2.08. The Hall–Kier alpha value is -4.85. The zero-order chi connectivity index (χ0) is 25.4. The van der Waals surface area contributed by atoms with Gasteiger partial charge in [0.05, 0.1) is 16.7 Å². The van der Waals surface area contributed by atoms with Gasteiger partial charge in [0.1, 0.15) is 11.6 Å². The van der Waals surface area contributed by atoms with Gasteiger partial charge in [-0.3, -0.25) is 9.97 Å². The fourth-order valence-corrected chi connectivity index (χ4v) is 4.39. The highest BCUT2D eigenvalue weighted by atomic mass is 15.1. The van der Waals surface area contributed by atoms with Crippen LogP contribution in [0.1, 0.15) is 16.8 Å². The quantitative estimate of drug-likeness (QED) is 0.313. The Morgan fingerprint density at radius 1 is 0.838 bits per heavy atom. The minimum Gasteiger partial charge on any atom is -0.378 e. The number of H-pyrrole nitrogens is 1. The molecule has 0 bridgehead atoms. The van der Waals surface area contributed by atoms with Crippen molar-refractivity contribution in [2.75, 3.05) is 24.3 Å². The average Bonchev–Trinajstić information content (AvgIpc) is 3.32. The minimum atomic E-state index is 0.687. The van der Waals surface area contributed by atoms with Crippen molar-refractivity contribution < 1.29 is 0 Å². The second-order valence-corrected chi connectivity index (χ2v) is 9.29. The highest BCUT2D eigenvalue weighted by molar-refractivity contribution is 5.94. The summed E-state index contributed by atoms with van der Waals surface area (Å²) in [6, 6.07) is 18.4. The normalized spacial score (nSPS) is 11.2. The van der Waals surface area contributed by atoms with E-state index in [1.165, 1.54) is 5.56 Å². The summed E-state index contributed by atoms with van der Waals surface area (Å²) >= 11 is 0. The molecular formula is C29H26N8. The van der Waals surface area contributed by atoms with E-state index in [0.29, 0.717) is 5.65 Å². The van der Waals surface area contributed by atoms with Gasteiger partial charge in [-0.25, -0.2) is 15.0 Å². The molecule has 0 saturated carbocycles. The Labute approximate surface area is 214 Å². The third-order valence-electron chi connectivity index (χ3n) is 6.30. The van der Waals surface area contributed by atoms with Gasteiger partial charge in [-0.2, -0.15) is 0 Å². The van der Waals surface area contributed by atoms with Gasteiger partial charge in [0.25, 0.3) is 0 Å². The van der Waals surface area contributed by atoms with E-state index in [1.807, 2.05) is 69.9 Å². The van der Waals surface area contributed by atoms with Crippen LogP contribution in [0.5, 0.6) is 0 Å². The Balaban J connectivity index is 1.24. The number of hydrogen-bond acceptors (Lipinski definition) is 7. The molecule has 2 N–H and O–H groups in total. The number of nitrogens with one attached hydrogen (secondary N) is 2. The van der Waals surface area contributed by atoms with Crippen LogP contribution in [-0.4, -0.2) is 44.0 Å². The molecule has 8 nitrogen and oxygen atoms in total. The first kappa shape index (κ1) is 22.6. The van der Waals surface area contributed by atoms with Crippen LogP contribution >= 0.6 is 0 Å². The Bertz CT molecular complexity index is 1720. The molecule has 6 rings (SSSR count). The highest BCUT2D eigenvalue weighted by Gasteiger charge is 2.10. The van der Waals surface area contributed by atoms with E-state index in [0.717, 1.165) is 62.7 Å². The maximum Gasteiger partial charge on any atom is 0.178 e. The van der Waals surface area contributed by atoms with Crippen molar-refractivity contribution in [3.63, 3.8) is 0 Å². The third kappa shape index (κ3) is 4.69. The second-order valence-electron chi connectivity index (χ2n) is 9.29. The van der Waals surface area contributed by atoms with Crippen molar-refractivity contribution in [3.8, 4) is 11.4 Å². The summed E-state index contributed by atoms with van der Waals surface area (Å²) in [5.41, 5.74) is 8.82. The van der Waals surface area contributed by atoms with Crippen molar-refractivity contribution in [2.24, 2.45) is 0 Å². The van der Waals surface area contributed by atoms with E-state index < -0.39 is 0 Å². The summed E-state index contributed by atoms with van der Waals surface area (Å²) in [5, 5.41) is 4.48. The SMILES string of the molecule is Cc1cc(Cc2cnc3nc(-c4ccc(Nc5ccnc6ccc(N(C)C)cc56)nc4)[nH]c3c2)ccn1. The van der Waals surface area contributed by atoms with Gasteiger partial charge >= 0.3 is 0 Å². The first-order valence-electron chi connectivity index (χ1n) is 12.1. The largest absolute Gasteiger partial charge is 0.378 e. The number of aryl methyl sites for hydroxylation is 1. The number of hydrogen-bond donors (Lipinski definition) is 2. The molecule has 182 valence electrons. The van der Waals surface area contributed by atoms with Gasteiger partial charge in [0.15, 0.2) is 5.65 Å². The zero-order valence-electron chi connectivity index (χ0n) is 20.9. The lowest BCUT2D eigenvalue weighted by molar-refractivity contribution is 1.11. The molecule has 8 heteroatoms. The average molecular weight is 487 g/mol. The van der Waals surface area contributed by atoms with Gasteiger partial charge in [0, 0.05) is 61.2 Å². The third-order valence-corrected chi connectivity index (χ3v) is 6.30. The predicted molar refractivity (Wildman–Crippen MR) is 148 cm³/mol. The van der Waals surface area contributed by atoms with E-state index in [9.17, 15) is 0 Å². The monoisotopic (exact) mass is 486 g/mol. The topological polar surface area (TPSA) is 95.5 Å². The number of aromatic amines is 1. The highest BCUT2D eigenvalue weighted by Crippen LogP contribution is 2.28. The van der Waals surface area contributed by atoms with Crippen molar-refractivity contribution in [1.82, 2.24) is 29.9 Å². The molecule has 0 fully saturated rings. The predicted octanol–water partition coefficient (Wildman–Crippen LogP) is 5.67. The lowest BCUT2D eigenvalue weighted by atomic mass is 10.1. The maximum atomic E-state index is 4.68. The van der Waals surface area contributed by atoms with Crippen LogP contribution in [0.2, 0.25) is 0 Å². The molecule has 0 spiro atoms. The summed E-state index contributed by atoms with van der Waals surface area (Å²) in [6.07, 6.45) is 8.14. The van der Waals surface area contributed by atoms with Crippen LogP contribution in [-0.2, 0) is 6.42 Å². The van der Waals surface area contributed by atoms with Crippen molar-refractivity contribution in [1.29, 1.82) is 0 Å². The van der Waals surface area contributed by atoms with E-state index in [-0.39, 0.29) is 0 Å². The molecule has 37 heavy (non-hydrogen) atoms. The molecule has 0 aliphatic heterocycles. The van der Waals surface area contributed by atoms with Gasteiger partial charge in [-0.05, 0) is 79.1 Å². The first-order chi connectivity index (χ1) is 18.0. The van der Waals surface area contributed by atoms with Crippen LogP contribution in [0.25, 0.3) is 33.5 Å². The molecule has 0 radical (unpaired) electrons. The number of imidazole rings is 1. The van der Waals surface area contributed by atoms with Crippen LogP contribution < -0.4 is 10.2 Å². The molecule has 0 unspecified atom stereocenters. The van der Waals surface area contributed by atoms with Crippen molar-refractivity contribution in [3.05, 3.63) is 96.2 Å². The second kappa shape index (κ2) is 9.31. The minimum absolute atomic E-state index is 0.687. The standard InChI is InChI=1S/C29H26N8/c1-18-12-19(8-10-30-18)13-20-14-26-29(33-16-20)36-28(35-26)21-4-7-27(32-17-21)34-25-9-11-31-24-6-5-22(37(2)3)15-23(24)25/h4-12,14-17H,13H2,1-3H3,(H,31,32,34)(H,33,35,36). The van der Waals surface area contributed by atoms with E-state index in [4.69, 9.17) is 0 Å². The van der Waals surface area contributed by atoms with E-state index in [1.54, 1.807) is 6.20 Å². The fraction of sp³-hybridized carbons (Fsp3) is 0.138. The molecule has 1 aromatic carbocycles. The summed E-state index contributed by atoms with van der Waals surface area (Å²) in [7, 11) is 4.06. The molecule has 0 amide bonds. The first-order valence-corrected chi connectivity index (χ1v) is 12.1. The van der Waals surface area contributed by atoms with Gasteiger partial charge in [0.2, 0.25) is 0 Å². The van der Waals surface area contributed by atoms with Gasteiger partial charge in [-0.1, -0.05) is 0 Å². The molecule has 0 aliphatic carbocycles. The molecular weight excluding hydrogens is 460 g/mol. The number of rotatable bonds is 6. The van der Waals surface area contributed by atoms with Crippen molar-refractivity contribution in [2.45, 2.75) is 13.3 Å². The summed E-state index contributed by atoms with van der Waals surface area (Å²) in [4.78, 5) is 28.1. The molecule has 5 aromatic heterocycles. The molecule has 0 aliphatic rings. The Morgan fingerprint density at radius 3 is 2.54 bits per heavy atom. The summed E-state index contributed by atoms with van der Waals surface area (Å²) < 4.78 is 0. The summed E-state index contributed by atoms with van der Waals surface area (Å²) in [6.45, 7) is 2.00. The number of fused-ring (bicyclic) bond motifs is 2. The lowest BCUT2D eigenvalue weighted by Gasteiger charge is -2.15. The molecule has 5 heterocycles. The maximum absolute atomic E-state index is 4.68. The van der Waals surface area contributed by atoms with Gasteiger partial charge < -0.3 is 15.2 Å². The van der Waals surface area contributed by atoms with Crippen molar-refractivity contribution >= 4 is 39.3 Å². The molecule has 0 saturated heterocycles. The Kier molecular flexibility index (Phi) is 5.69.